The molecule has 1 heterocycles. The van der Waals surface area contributed by atoms with E-state index in [-0.39, 0.29) is 12.0 Å². The van der Waals surface area contributed by atoms with Crippen LogP contribution in [-0.4, -0.2) is 28.4 Å². The summed E-state index contributed by atoms with van der Waals surface area (Å²) in [5, 5.41) is 7.29. The van der Waals surface area contributed by atoms with Gasteiger partial charge in [0.2, 0.25) is 0 Å². The molecule has 5 nitrogen and oxygen atoms in total. The van der Waals surface area contributed by atoms with Crippen molar-refractivity contribution in [3.63, 3.8) is 0 Å². The highest BCUT2D eigenvalue weighted by molar-refractivity contribution is 5.75. The van der Waals surface area contributed by atoms with Gasteiger partial charge in [-0.2, -0.15) is 5.10 Å². The van der Waals surface area contributed by atoms with Crippen LogP contribution < -0.4 is 5.32 Å². The van der Waals surface area contributed by atoms with Crippen LogP contribution in [0.15, 0.2) is 12.4 Å². The first-order valence-corrected chi connectivity index (χ1v) is 6.04. The summed E-state index contributed by atoms with van der Waals surface area (Å²) in [4.78, 5) is 11.7. The smallest absolute Gasteiger partial charge is 0.323 e. The van der Waals surface area contributed by atoms with E-state index in [1.54, 1.807) is 10.9 Å². The minimum atomic E-state index is -0.222. The Hall–Kier alpha value is -1.36. The summed E-state index contributed by atoms with van der Waals surface area (Å²) in [6, 6.07) is -0.222. The fourth-order valence-electron chi connectivity index (χ4n) is 1.64. The first kappa shape index (κ1) is 13.7. The van der Waals surface area contributed by atoms with E-state index in [0.717, 1.165) is 18.4 Å². The number of carbonyl (C=O) groups is 1. The van der Waals surface area contributed by atoms with Gasteiger partial charge < -0.3 is 10.1 Å². The quantitative estimate of drug-likeness (QED) is 0.727. The predicted molar refractivity (Wildman–Crippen MR) is 65.4 cm³/mol. The number of nitrogens with zero attached hydrogens (tertiary/aromatic N) is 2. The maximum absolute atomic E-state index is 11.7. The van der Waals surface area contributed by atoms with E-state index in [9.17, 15) is 4.79 Å². The lowest BCUT2D eigenvalue weighted by molar-refractivity contribution is -0.145. The molecule has 0 aliphatic carbocycles. The highest BCUT2D eigenvalue weighted by atomic mass is 16.5. The number of nitrogens with one attached hydrogen (secondary N) is 1. The second-order valence-corrected chi connectivity index (χ2v) is 4.00. The van der Waals surface area contributed by atoms with Gasteiger partial charge in [0.15, 0.2) is 0 Å². The van der Waals surface area contributed by atoms with Crippen LogP contribution in [0.25, 0.3) is 0 Å². The molecular formula is C12H21N3O2. The molecule has 96 valence electrons. The van der Waals surface area contributed by atoms with E-state index in [1.807, 2.05) is 20.2 Å². The normalized spacial score (nSPS) is 12.4. The van der Waals surface area contributed by atoms with Crippen LogP contribution in [0.4, 0.5) is 0 Å². The lowest BCUT2D eigenvalue weighted by Crippen LogP contribution is -2.37. The Morgan fingerprint density at radius 1 is 1.59 bits per heavy atom. The molecule has 0 aliphatic rings. The lowest BCUT2D eigenvalue weighted by Gasteiger charge is -2.15. The first-order chi connectivity index (χ1) is 8.17. The Morgan fingerprint density at radius 3 is 2.88 bits per heavy atom. The van der Waals surface area contributed by atoms with E-state index >= 15 is 0 Å². The molecule has 17 heavy (non-hydrogen) atoms. The minimum Gasteiger partial charge on any atom is -0.465 e. The van der Waals surface area contributed by atoms with Gasteiger partial charge in [0, 0.05) is 25.4 Å². The highest BCUT2D eigenvalue weighted by Gasteiger charge is 2.17. The second kappa shape index (κ2) is 7.06. The molecule has 0 amide bonds. The van der Waals surface area contributed by atoms with E-state index in [0.29, 0.717) is 13.2 Å². The summed E-state index contributed by atoms with van der Waals surface area (Å²) in [7, 11) is 1.87. The standard InChI is InChI=1S/C12H21N3O2/c1-4-6-11(12(16)17-5-2)13-7-10-8-14-15(3)9-10/h8-9,11,13H,4-7H2,1-3H3. The zero-order chi connectivity index (χ0) is 12.7. The Bertz CT molecular complexity index is 349. The van der Waals surface area contributed by atoms with Crippen molar-refractivity contribution in [2.75, 3.05) is 6.61 Å². The van der Waals surface area contributed by atoms with Gasteiger partial charge in [0.1, 0.15) is 6.04 Å². The average molecular weight is 239 g/mol. The molecule has 1 N–H and O–H groups in total. The molecule has 1 rings (SSSR count). The Balaban J connectivity index is 2.46. The largest absolute Gasteiger partial charge is 0.465 e. The van der Waals surface area contributed by atoms with Crippen LogP contribution in [0.2, 0.25) is 0 Å². The summed E-state index contributed by atoms with van der Waals surface area (Å²) < 4.78 is 6.77. The van der Waals surface area contributed by atoms with Gasteiger partial charge >= 0.3 is 5.97 Å². The van der Waals surface area contributed by atoms with E-state index < -0.39 is 0 Å². The maximum Gasteiger partial charge on any atom is 0.323 e. The van der Waals surface area contributed by atoms with Crippen LogP contribution in [0.3, 0.4) is 0 Å². The second-order valence-electron chi connectivity index (χ2n) is 4.00. The number of hydrogen-bond acceptors (Lipinski definition) is 4. The van der Waals surface area contributed by atoms with Crippen LogP contribution >= 0.6 is 0 Å². The Morgan fingerprint density at radius 2 is 2.35 bits per heavy atom. The number of rotatable bonds is 7. The molecule has 1 aromatic heterocycles. The molecular weight excluding hydrogens is 218 g/mol. The lowest BCUT2D eigenvalue weighted by atomic mass is 10.1. The van der Waals surface area contributed by atoms with Gasteiger partial charge in [-0.1, -0.05) is 13.3 Å². The molecule has 1 unspecified atom stereocenters. The number of aromatic nitrogens is 2. The Labute approximate surface area is 102 Å². The van der Waals surface area contributed by atoms with Crippen LogP contribution in [0.5, 0.6) is 0 Å². The third-order valence-corrected chi connectivity index (χ3v) is 2.46. The summed E-state index contributed by atoms with van der Waals surface area (Å²) in [6.07, 6.45) is 5.46. The van der Waals surface area contributed by atoms with Crippen LogP contribution in [0, 0.1) is 0 Å². The van der Waals surface area contributed by atoms with Crippen LogP contribution in [-0.2, 0) is 23.1 Å². The molecule has 0 aromatic carbocycles. The SMILES string of the molecule is CCCC(NCc1cnn(C)c1)C(=O)OCC. The monoisotopic (exact) mass is 239 g/mol. The fraction of sp³-hybridized carbons (Fsp3) is 0.667. The van der Waals surface area contributed by atoms with Crippen molar-refractivity contribution >= 4 is 5.97 Å². The van der Waals surface area contributed by atoms with Gasteiger partial charge in [-0.3, -0.25) is 9.48 Å². The van der Waals surface area contributed by atoms with E-state index in [2.05, 4.69) is 17.3 Å². The van der Waals surface area contributed by atoms with Crippen molar-refractivity contribution in [3.8, 4) is 0 Å². The zero-order valence-corrected chi connectivity index (χ0v) is 10.8. The molecule has 0 spiro atoms. The summed E-state index contributed by atoms with van der Waals surface area (Å²) in [6.45, 7) is 4.94. The molecule has 5 heteroatoms. The number of hydrogen-bond donors (Lipinski definition) is 1. The summed E-state index contributed by atoms with van der Waals surface area (Å²) in [5.74, 6) is -0.168. The molecule has 0 fully saturated rings. The fourth-order valence-corrected chi connectivity index (χ4v) is 1.64. The maximum atomic E-state index is 11.7. The van der Waals surface area contributed by atoms with E-state index in [4.69, 9.17) is 4.74 Å². The number of carbonyl (C=O) groups excluding carboxylic acids is 1. The third kappa shape index (κ3) is 4.56. The average Bonchev–Trinajstić information content (AvgIpc) is 2.70. The predicted octanol–water partition coefficient (Wildman–Crippen LogP) is 1.24. The topological polar surface area (TPSA) is 56.2 Å². The highest BCUT2D eigenvalue weighted by Crippen LogP contribution is 2.02. The van der Waals surface area contributed by atoms with Gasteiger partial charge in [-0.15, -0.1) is 0 Å². The van der Waals surface area contributed by atoms with Gasteiger partial charge in [-0.25, -0.2) is 0 Å². The number of ether oxygens (including phenoxy) is 1. The minimum absolute atomic E-state index is 0.168. The molecule has 0 saturated carbocycles. The van der Waals surface area contributed by atoms with Crippen LogP contribution in [0.1, 0.15) is 32.3 Å². The summed E-state index contributed by atoms with van der Waals surface area (Å²) in [5.41, 5.74) is 1.07. The van der Waals surface area contributed by atoms with Crippen molar-refractivity contribution in [2.24, 2.45) is 7.05 Å². The van der Waals surface area contributed by atoms with E-state index in [1.165, 1.54) is 0 Å². The molecule has 0 bridgehead atoms. The van der Waals surface area contributed by atoms with Crippen molar-refractivity contribution in [2.45, 2.75) is 39.3 Å². The van der Waals surface area contributed by atoms with Gasteiger partial charge in [-0.05, 0) is 13.3 Å². The third-order valence-electron chi connectivity index (χ3n) is 2.46. The van der Waals surface area contributed by atoms with Gasteiger partial charge in [0.05, 0.1) is 12.8 Å². The molecule has 1 atom stereocenters. The number of aryl methyl sites for hydroxylation is 1. The molecule has 0 aliphatic heterocycles. The van der Waals surface area contributed by atoms with Crippen molar-refractivity contribution in [1.82, 2.24) is 15.1 Å². The molecule has 1 aromatic rings. The van der Waals surface area contributed by atoms with Crippen molar-refractivity contribution in [3.05, 3.63) is 18.0 Å². The first-order valence-electron chi connectivity index (χ1n) is 6.04. The van der Waals surface area contributed by atoms with Gasteiger partial charge in [0.25, 0.3) is 0 Å². The summed E-state index contributed by atoms with van der Waals surface area (Å²) >= 11 is 0. The molecule has 0 saturated heterocycles. The van der Waals surface area contributed by atoms with Crippen molar-refractivity contribution in [1.29, 1.82) is 0 Å². The van der Waals surface area contributed by atoms with Crippen molar-refractivity contribution < 1.29 is 9.53 Å². The zero-order valence-electron chi connectivity index (χ0n) is 10.8. The molecule has 0 radical (unpaired) electrons. The number of esters is 1. The Kier molecular flexibility index (Phi) is 5.69.